The number of hydrogen-bond acceptors (Lipinski definition) is 4. The van der Waals surface area contributed by atoms with Crippen LogP contribution < -0.4 is 0 Å². The molecule has 1 fully saturated rings. The molecule has 1 aliphatic rings. The molecule has 1 rings (SSSR count). The molecule has 1 aliphatic heterocycles. The highest BCUT2D eigenvalue weighted by molar-refractivity contribution is 6.52. The van der Waals surface area contributed by atoms with Crippen LogP contribution in [-0.4, -0.2) is 30.9 Å². The molecule has 18 heavy (non-hydrogen) atoms. The molecule has 0 saturated carbocycles. The van der Waals surface area contributed by atoms with Gasteiger partial charge in [0.05, 0.1) is 23.6 Å². The van der Waals surface area contributed by atoms with Crippen LogP contribution in [0.3, 0.4) is 0 Å². The number of carbonyl (C=O) groups is 1. The van der Waals surface area contributed by atoms with Crippen molar-refractivity contribution in [3.05, 3.63) is 0 Å². The zero-order valence-electron chi connectivity index (χ0n) is 12.6. The normalized spacial score (nSPS) is 23.2. The first-order chi connectivity index (χ1) is 8.12. The number of hydrogen-bond donors (Lipinski definition) is 0. The van der Waals surface area contributed by atoms with E-state index in [2.05, 4.69) is 0 Å². The van der Waals surface area contributed by atoms with Gasteiger partial charge < -0.3 is 14.0 Å². The summed E-state index contributed by atoms with van der Waals surface area (Å²) in [6, 6.07) is 0. The van der Waals surface area contributed by atoms with E-state index in [1.807, 2.05) is 41.5 Å². The fraction of sp³-hybridized carbons (Fsp3) is 0.923. The molecule has 0 N–H and O–H groups in total. The summed E-state index contributed by atoms with van der Waals surface area (Å²) in [6.07, 6.45) is 0. The van der Waals surface area contributed by atoms with E-state index in [0.29, 0.717) is 6.61 Å². The summed E-state index contributed by atoms with van der Waals surface area (Å²) < 4.78 is 17.0. The molecule has 5 heteroatoms. The molecule has 0 aromatic rings. The Kier molecular flexibility index (Phi) is 4.49. The summed E-state index contributed by atoms with van der Waals surface area (Å²) in [7, 11) is -0.533. The quantitative estimate of drug-likeness (QED) is 0.573. The van der Waals surface area contributed by atoms with Gasteiger partial charge in [0.25, 0.3) is 0 Å². The van der Waals surface area contributed by atoms with E-state index in [4.69, 9.17) is 14.0 Å². The van der Waals surface area contributed by atoms with Crippen molar-refractivity contribution in [3.63, 3.8) is 0 Å². The predicted molar refractivity (Wildman–Crippen MR) is 71.3 cm³/mol. The van der Waals surface area contributed by atoms with E-state index in [9.17, 15) is 4.79 Å². The second-order valence-electron chi connectivity index (χ2n) is 6.15. The Bertz CT molecular complexity index is 296. The van der Waals surface area contributed by atoms with Crippen molar-refractivity contribution in [3.8, 4) is 0 Å². The molecule has 0 aromatic carbocycles. The third-order valence-electron chi connectivity index (χ3n) is 3.84. The van der Waals surface area contributed by atoms with Crippen LogP contribution in [0.4, 0.5) is 0 Å². The van der Waals surface area contributed by atoms with E-state index >= 15 is 0 Å². The molecule has 0 aromatic heterocycles. The molecule has 4 nitrogen and oxygen atoms in total. The van der Waals surface area contributed by atoms with Crippen molar-refractivity contribution in [2.45, 2.75) is 65.5 Å². The van der Waals surface area contributed by atoms with Gasteiger partial charge in [0, 0.05) is 0 Å². The second-order valence-corrected chi connectivity index (χ2v) is 6.15. The maximum Gasteiger partial charge on any atom is 0.473 e. The van der Waals surface area contributed by atoms with Crippen molar-refractivity contribution >= 4 is 13.1 Å². The summed E-state index contributed by atoms with van der Waals surface area (Å²) in [5.74, 6) is -0.518. The van der Waals surface area contributed by atoms with Gasteiger partial charge in [0.1, 0.15) is 0 Å². The van der Waals surface area contributed by atoms with Gasteiger partial charge in [-0.1, -0.05) is 13.8 Å². The van der Waals surface area contributed by atoms with Crippen LogP contribution in [0, 0.1) is 5.92 Å². The van der Waals surface area contributed by atoms with Crippen LogP contribution in [-0.2, 0) is 18.8 Å². The first kappa shape index (κ1) is 15.5. The molecule has 0 aliphatic carbocycles. The lowest BCUT2D eigenvalue weighted by atomic mass is 9.66. The zero-order chi connectivity index (χ0) is 14.1. The third kappa shape index (κ3) is 2.89. The van der Waals surface area contributed by atoms with Gasteiger partial charge >= 0.3 is 13.1 Å². The van der Waals surface area contributed by atoms with Gasteiger partial charge in [-0.25, -0.2) is 0 Å². The van der Waals surface area contributed by atoms with Gasteiger partial charge in [0.2, 0.25) is 0 Å². The van der Waals surface area contributed by atoms with Crippen molar-refractivity contribution < 1.29 is 18.8 Å². The summed E-state index contributed by atoms with van der Waals surface area (Å²) >= 11 is 0. The molecule has 1 saturated heterocycles. The molecule has 1 unspecified atom stereocenters. The SMILES string of the molecule is CCOC(=O)C(B1OC(C)(C)C(C)(C)O1)C(C)C. The Labute approximate surface area is 111 Å². The fourth-order valence-electron chi connectivity index (χ4n) is 1.97. The molecule has 1 heterocycles. The average molecular weight is 256 g/mol. The summed E-state index contributed by atoms with van der Waals surface area (Å²) in [5, 5.41) is 0. The Hall–Kier alpha value is -0.545. The highest BCUT2D eigenvalue weighted by Gasteiger charge is 2.56. The molecular weight excluding hydrogens is 231 g/mol. The topological polar surface area (TPSA) is 44.8 Å². The van der Waals surface area contributed by atoms with Crippen LogP contribution in [0.1, 0.15) is 48.5 Å². The van der Waals surface area contributed by atoms with Crippen molar-refractivity contribution in [2.24, 2.45) is 5.92 Å². The molecule has 0 amide bonds. The maximum absolute atomic E-state index is 12.0. The summed E-state index contributed by atoms with van der Waals surface area (Å²) in [6.45, 7) is 14.1. The minimum atomic E-state index is -0.533. The van der Waals surface area contributed by atoms with E-state index < -0.39 is 18.3 Å². The minimum absolute atomic E-state index is 0.110. The summed E-state index contributed by atoms with van der Waals surface area (Å²) in [4.78, 5) is 12.0. The standard InChI is InChI=1S/C13H25BO4/c1-8-16-11(15)10(9(2)3)14-17-12(4,5)13(6,7)18-14/h9-10H,8H2,1-7H3. The van der Waals surface area contributed by atoms with E-state index in [-0.39, 0.29) is 17.7 Å². The predicted octanol–water partition coefficient (Wildman–Crippen LogP) is 2.67. The Morgan fingerprint density at radius 1 is 1.17 bits per heavy atom. The lowest BCUT2D eigenvalue weighted by Gasteiger charge is -2.32. The van der Waals surface area contributed by atoms with Crippen molar-refractivity contribution in [2.75, 3.05) is 6.61 Å². The highest BCUT2D eigenvalue weighted by atomic mass is 16.7. The second kappa shape index (κ2) is 5.21. The minimum Gasteiger partial charge on any atom is -0.466 e. The number of carbonyl (C=O) groups excluding carboxylic acids is 1. The van der Waals surface area contributed by atoms with Crippen LogP contribution in [0.25, 0.3) is 0 Å². The molecule has 0 bridgehead atoms. The van der Waals surface area contributed by atoms with Gasteiger partial charge in [-0.05, 0) is 40.5 Å². The lowest BCUT2D eigenvalue weighted by molar-refractivity contribution is -0.144. The smallest absolute Gasteiger partial charge is 0.466 e. The number of rotatable bonds is 4. The Morgan fingerprint density at radius 3 is 1.94 bits per heavy atom. The van der Waals surface area contributed by atoms with Crippen LogP contribution in [0.15, 0.2) is 0 Å². The fourth-order valence-corrected chi connectivity index (χ4v) is 1.97. The van der Waals surface area contributed by atoms with E-state index in [0.717, 1.165) is 0 Å². The Balaban J connectivity index is 2.88. The summed E-state index contributed by atoms with van der Waals surface area (Å²) in [5.41, 5.74) is -0.839. The monoisotopic (exact) mass is 256 g/mol. The number of esters is 1. The Morgan fingerprint density at radius 2 is 1.61 bits per heavy atom. The van der Waals surface area contributed by atoms with Gasteiger partial charge in [-0.2, -0.15) is 0 Å². The largest absolute Gasteiger partial charge is 0.473 e. The van der Waals surface area contributed by atoms with Crippen LogP contribution in [0.5, 0.6) is 0 Å². The van der Waals surface area contributed by atoms with Gasteiger partial charge in [-0.15, -0.1) is 0 Å². The highest BCUT2D eigenvalue weighted by Crippen LogP contribution is 2.42. The first-order valence-corrected chi connectivity index (χ1v) is 6.64. The van der Waals surface area contributed by atoms with E-state index in [1.54, 1.807) is 6.92 Å². The third-order valence-corrected chi connectivity index (χ3v) is 3.84. The maximum atomic E-state index is 12.0. The molecular formula is C13H25BO4. The van der Waals surface area contributed by atoms with Gasteiger partial charge in [-0.3, -0.25) is 4.79 Å². The van der Waals surface area contributed by atoms with Gasteiger partial charge in [0.15, 0.2) is 0 Å². The van der Waals surface area contributed by atoms with Crippen molar-refractivity contribution in [1.29, 1.82) is 0 Å². The van der Waals surface area contributed by atoms with Crippen LogP contribution in [0.2, 0.25) is 5.82 Å². The average Bonchev–Trinajstić information content (AvgIpc) is 2.34. The molecule has 1 atom stereocenters. The van der Waals surface area contributed by atoms with E-state index in [1.165, 1.54) is 0 Å². The number of ether oxygens (including phenoxy) is 1. The zero-order valence-corrected chi connectivity index (χ0v) is 12.6. The molecule has 0 spiro atoms. The lowest BCUT2D eigenvalue weighted by Crippen LogP contribution is -2.41. The van der Waals surface area contributed by atoms with Crippen molar-refractivity contribution in [1.82, 2.24) is 0 Å². The molecule has 0 radical (unpaired) electrons. The molecule has 104 valence electrons. The first-order valence-electron chi connectivity index (χ1n) is 6.64. The van der Waals surface area contributed by atoms with Crippen LogP contribution >= 0.6 is 0 Å².